The molecule has 0 fully saturated rings. The smallest absolute Gasteiger partial charge is 0.257 e. The number of halogens is 2. The molecule has 0 N–H and O–H groups in total. The van der Waals surface area contributed by atoms with Gasteiger partial charge >= 0.3 is 0 Å². The summed E-state index contributed by atoms with van der Waals surface area (Å²) in [6, 6.07) is 6.62. The first-order chi connectivity index (χ1) is 9.58. The van der Waals surface area contributed by atoms with Crippen LogP contribution < -0.4 is 0 Å². The Morgan fingerprint density at radius 2 is 2.25 bits per heavy atom. The van der Waals surface area contributed by atoms with Gasteiger partial charge in [-0.1, -0.05) is 15.9 Å². The van der Waals surface area contributed by atoms with Crippen LogP contribution in [-0.2, 0) is 6.42 Å². The van der Waals surface area contributed by atoms with E-state index in [2.05, 4.69) is 27.4 Å². The van der Waals surface area contributed by atoms with Gasteiger partial charge in [0.25, 0.3) is 5.91 Å². The fourth-order valence-electron chi connectivity index (χ4n) is 2.60. The Balaban J connectivity index is 1.92. The fraction of sp³-hybridized carbons (Fsp3) is 0.267. The van der Waals surface area contributed by atoms with Gasteiger partial charge < -0.3 is 4.90 Å². The lowest BCUT2D eigenvalue weighted by atomic mass is 10.0. The van der Waals surface area contributed by atoms with Crippen molar-refractivity contribution in [2.75, 3.05) is 6.54 Å². The molecule has 1 atom stereocenters. The van der Waals surface area contributed by atoms with Crippen LogP contribution in [0.4, 0.5) is 4.39 Å². The standard InChI is InChI=1S/C15H13BrFNOS/c1-9-11-5-7-20-14(11)4-6-18(9)15(19)12-3-2-10(16)8-13(12)17/h2-3,5,7-9H,4,6H2,1H3. The Hall–Kier alpha value is -1.20. The number of hydrogen-bond donors (Lipinski definition) is 0. The molecule has 3 rings (SSSR count). The van der Waals surface area contributed by atoms with Gasteiger partial charge in [-0.15, -0.1) is 11.3 Å². The van der Waals surface area contributed by atoms with E-state index in [4.69, 9.17) is 0 Å². The average Bonchev–Trinajstić information content (AvgIpc) is 2.87. The Morgan fingerprint density at radius 1 is 1.45 bits per heavy atom. The predicted octanol–water partition coefficient (Wildman–Crippen LogP) is 4.41. The van der Waals surface area contributed by atoms with Crippen molar-refractivity contribution in [3.63, 3.8) is 0 Å². The van der Waals surface area contributed by atoms with Gasteiger partial charge in [-0.25, -0.2) is 4.39 Å². The van der Waals surface area contributed by atoms with Crippen LogP contribution in [0, 0.1) is 5.82 Å². The quantitative estimate of drug-likeness (QED) is 0.743. The lowest BCUT2D eigenvalue weighted by Gasteiger charge is -2.33. The van der Waals surface area contributed by atoms with Crippen LogP contribution in [0.15, 0.2) is 34.1 Å². The van der Waals surface area contributed by atoms with Crippen molar-refractivity contribution < 1.29 is 9.18 Å². The Kier molecular flexibility index (Phi) is 3.65. The largest absolute Gasteiger partial charge is 0.331 e. The van der Waals surface area contributed by atoms with E-state index in [0.29, 0.717) is 11.0 Å². The molecule has 5 heteroatoms. The number of thiophene rings is 1. The topological polar surface area (TPSA) is 20.3 Å². The third kappa shape index (κ3) is 2.29. The molecule has 0 saturated carbocycles. The molecule has 1 aromatic heterocycles. The molecule has 20 heavy (non-hydrogen) atoms. The Bertz CT molecular complexity index is 670. The second-order valence-electron chi connectivity index (χ2n) is 4.85. The highest BCUT2D eigenvalue weighted by molar-refractivity contribution is 9.10. The molecule has 0 radical (unpaired) electrons. The van der Waals surface area contributed by atoms with E-state index in [1.807, 2.05) is 6.92 Å². The van der Waals surface area contributed by atoms with E-state index in [-0.39, 0.29) is 17.5 Å². The van der Waals surface area contributed by atoms with E-state index in [1.165, 1.54) is 22.6 Å². The van der Waals surface area contributed by atoms with Gasteiger partial charge in [-0.2, -0.15) is 0 Å². The van der Waals surface area contributed by atoms with Crippen molar-refractivity contribution in [1.29, 1.82) is 0 Å². The summed E-state index contributed by atoms with van der Waals surface area (Å²) < 4.78 is 14.6. The first-order valence-corrected chi connectivity index (χ1v) is 8.07. The second-order valence-corrected chi connectivity index (χ2v) is 6.76. The summed E-state index contributed by atoms with van der Waals surface area (Å²) in [5.74, 6) is -0.716. The zero-order chi connectivity index (χ0) is 14.3. The van der Waals surface area contributed by atoms with Crippen LogP contribution in [0.1, 0.15) is 33.8 Å². The minimum absolute atomic E-state index is 0.000506. The summed E-state index contributed by atoms with van der Waals surface area (Å²) in [7, 11) is 0. The maximum absolute atomic E-state index is 13.9. The van der Waals surface area contributed by atoms with Gasteiger partial charge in [0, 0.05) is 15.9 Å². The molecule has 0 aliphatic carbocycles. The molecular formula is C15H13BrFNOS. The van der Waals surface area contributed by atoms with E-state index in [1.54, 1.807) is 22.3 Å². The number of carbonyl (C=O) groups is 1. The molecular weight excluding hydrogens is 341 g/mol. The summed E-state index contributed by atoms with van der Waals surface area (Å²) in [5.41, 5.74) is 1.32. The first-order valence-electron chi connectivity index (χ1n) is 6.40. The van der Waals surface area contributed by atoms with Crippen LogP contribution in [0.25, 0.3) is 0 Å². The number of hydrogen-bond acceptors (Lipinski definition) is 2. The lowest BCUT2D eigenvalue weighted by Crippen LogP contribution is -2.38. The average molecular weight is 354 g/mol. The lowest BCUT2D eigenvalue weighted by molar-refractivity contribution is 0.0674. The summed E-state index contributed by atoms with van der Waals surface area (Å²) in [5, 5.41) is 2.05. The van der Waals surface area contributed by atoms with E-state index in [0.717, 1.165) is 6.42 Å². The number of nitrogens with zero attached hydrogens (tertiary/aromatic N) is 1. The molecule has 0 saturated heterocycles. The maximum atomic E-state index is 13.9. The van der Waals surface area contributed by atoms with Gasteiger partial charge in [-0.05, 0) is 48.6 Å². The first kappa shape index (κ1) is 13.8. The van der Waals surface area contributed by atoms with Gasteiger partial charge in [0.15, 0.2) is 0 Å². The minimum atomic E-state index is -0.479. The molecule has 0 bridgehead atoms. The molecule has 1 amide bonds. The van der Waals surface area contributed by atoms with E-state index < -0.39 is 5.82 Å². The molecule has 2 nitrogen and oxygen atoms in total. The van der Waals surface area contributed by atoms with Crippen molar-refractivity contribution in [2.45, 2.75) is 19.4 Å². The summed E-state index contributed by atoms with van der Waals surface area (Å²) >= 11 is 4.93. The highest BCUT2D eigenvalue weighted by atomic mass is 79.9. The molecule has 104 valence electrons. The number of amides is 1. The zero-order valence-corrected chi connectivity index (χ0v) is 13.3. The number of fused-ring (bicyclic) bond motifs is 1. The molecule has 1 aliphatic rings. The van der Waals surface area contributed by atoms with Crippen molar-refractivity contribution in [1.82, 2.24) is 4.90 Å². The Labute approximate surface area is 129 Å². The number of rotatable bonds is 1. The van der Waals surface area contributed by atoms with Crippen LogP contribution in [0.2, 0.25) is 0 Å². The third-order valence-corrected chi connectivity index (χ3v) is 5.19. The van der Waals surface area contributed by atoms with Crippen molar-refractivity contribution in [2.24, 2.45) is 0 Å². The maximum Gasteiger partial charge on any atom is 0.257 e. The number of benzene rings is 1. The van der Waals surface area contributed by atoms with Crippen LogP contribution in [0.5, 0.6) is 0 Å². The molecule has 1 aliphatic heterocycles. The highest BCUT2D eigenvalue weighted by Crippen LogP contribution is 2.34. The van der Waals surface area contributed by atoms with Crippen molar-refractivity contribution in [3.05, 3.63) is 55.9 Å². The van der Waals surface area contributed by atoms with Crippen LogP contribution in [0.3, 0.4) is 0 Å². The minimum Gasteiger partial charge on any atom is -0.331 e. The third-order valence-electron chi connectivity index (χ3n) is 3.70. The fourth-order valence-corrected chi connectivity index (χ4v) is 3.90. The molecule has 2 aromatic rings. The van der Waals surface area contributed by atoms with E-state index in [9.17, 15) is 9.18 Å². The van der Waals surface area contributed by atoms with E-state index >= 15 is 0 Å². The van der Waals surface area contributed by atoms with Crippen molar-refractivity contribution in [3.8, 4) is 0 Å². The van der Waals surface area contributed by atoms with Gasteiger partial charge in [0.2, 0.25) is 0 Å². The van der Waals surface area contributed by atoms with Crippen LogP contribution in [-0.4, -0.2) is 17.4 Å². The molecule has 1 aromatic carbocycles. The molecule has 0 spiro atoms. The van der Waals surface area contributed by atoms with Gasteiger partial charge in [0.05, 0.1) is 11.6 Å². The molecule has 2 heterocycles. The van der Waals surface area contributed by atoms with Crippen LogP contribution >= 0.6 is 27.3 Å². The summed E-state index contributed by atoms with van der Waals surface area (Å²) in [6.07, 6.45) is 0.848. The highest BCUT2D eigenvalue weighted by Gasteiger charge is 2.30. The summed E-state index contributed by atoms with van der Waals surface area (Å²) in [6.45, 7) is 2.64. The monoisotopic (exact) mass is 353 g/mol. The van der Waals surface area contributed by atoms with Gasteiger partial charge in [0.1, 0.15) is 5.82 Å². The number of carbonyl (C=O) groups excluding carboxylic acids is 1. The summed E-state index contributed by atoms with van der Waals surface area (Å²) in [4.78, 5) is 15.6. The van der Waals surface area contributed by atoms with Crippen molar-refractivity contribution >= 4 is 33.2 Å². The second kappa shape index (κ2) is 5.30. The zero-order valence-electron chi connectivity index (χ0n) is 10.9. The van der Waals surface area contributed by atoms with Gasteiger partial charge in [-0.3, -0.25) is 4.79 Å². The SMILES string of the molecule is CC1c2ccsc2CCN1C(=O)c1ccc(Br)cc1F. The predicted molar refractivity (Wildman–Crippen MR) is 81.6 cm³/mol. The normalized spacial score (nSPS) is 17.9. The Morgan fingerprint density at radius 3 is 3.00 bits per heavy atom. The molecule has 1 unspecified atom stereocenters.